The summed E-state index contributed by atoms with van der Waals surface area (Å²) in [6, 6.07) is 14.7. The average molecular weight is 388 g/mol. The molecule has 5 rings (SSSR count). The Bertz CT molecular complexity index is 1250. The number of rotatable bonds is 3. The maximum absolute atomic E-state index is 12.9. The molecule has 1 aliphatic heterocycles. The molecule has 2 amide bonds. The Labute approximate surface area is 162 Å². The number of benzene rings is 1. The molecule has 28 heavy (non-hydrogen) atoms. The zero-order valence-corrected chi connectivity index (χ0v) is 15.1. The average Bonchev–Trinajstić information content (AvgIpc) is 3.09. The fraction of sp³-hybridized carbons (Fsp3) is 0. The molecule has 0 saturated heterocycles. The Morgan fingerprint density at radius 1 is 1.04 bits per heavy atom. The second kappa shape index (κ2) is 6.14. The van der Waals surface area contributed by atoms with Crippen LogP contribution in [0.2, 0.25) is 0 Å². The van der Waals surface area contributed by atoms with Gasteiger partial charge in [-0.2, -0.15) is 0 Å². The van der Waals surface area contributed by atoms with Crippen LogP contribution in [0.4, 0.5) is 22.0 Å². The summed E-state index contributed by atoms with van der Waals surface area (Å²) < 4.78 is 0. The Balaban J connectivity index is 1.70. The number of pyridine rings is 2. The molecular formula is C20H12N4O3S. The van der Waals surface area contributed by atoms with E-state index in [1.54, 1.807) is 18.5 Å². The lowest BCUT2D eigenvalue weighted by atomic mass is 10.1. The van der Waals surface area contributed by atoms with Gasteiger partial charge in [-0.05, 0) is 29.3 Å². The Morgan fingerprint density at radius 3 is 2.61 bits per heavy atom. The van der Waals surface area contributed by atoms with E-state index in [1.807, 2.05) is 42.5 Å². The molecule has 0 bridgehead atoms. The second-order valence-electron chi connectivity index (χ2n) is 6.16. The van der Waals surface area contributed by atoms with Gasteiger partial charge in [-0.1, -0.05) is 30.3 Å². The highest BCUT2D eigenvalue weighted by Gasteiger charge is 2.33. The van der Waals surface area contributed by atoms with Gasteiger partial charge in [0, 0.05) is 12.4 Å². The molecule has 0 unspecified atom stereocenters. The molecule has 0 aliphatic carbocycles. The van der Waals surface area contributed by atoms with E-state index in [0.29, 0.717) is 21.7 Å². The number of carbonyl (C=O) groups excluding carboxylic acids is 1. The van der Waals surface area contributed by atoms with Gasteiger partial charge in [0.1, 0.15) is 15.5 Å². The topological polar surface area (TPSA) is 95.4 Å². The summed E-state index contributed by atoms with van der Waals surface area (Å²) in [5.41, 5.74) is 2.78. The quantitative estimate of drug-likeness (QED) is 0.528. The van der Waals surface area contributed by atoms with E-state index in [1.165, 1.54) is 4.90 Å². The number of aromatic nitrogens is 2. The monoisotopic (exact) mass is 388 g/mol. The van der Waals surface area contributed by atoms with Crippen molar-refractivity contribution >= 4 is 50.7 Å². The summed E-state index contributed by atoms with van der Waals surface area (Å²) in [6.45, 7) is 0. The van der Waals surface area contributed by atoms with E-state index in [2.05, 4.69) is 15.3 Å². The van der Waals surface area contributed by atoms with E-state index in [-0.39, 0.29) is 10.6 Å². The summed E-state index contributed by atoms with van der Waals surface area (Å²) in [5.74, 6) is -0.651. The van der Waals surface area contributed by atoms with Crippen molar-refractivity contribution in [1.82, 2.24) is 9.97 Å². The number of nitrogens with zero attached hydrogens (tertiary/aromatic N) is 3. The molecule has 8 heteroatoms. The van der Waals surface area contributed by atoms with Gasteiger partial charge in [0.15, 0.2) is 0 Å². The molecule has 4 aromatic rings. The number of hydrogen-bond donors (Lipinski definition) is 2. The maximum atomic E-state index is 12.9. The lowest BCUT2D eigenvalue weighted by Gasteiger charge is -2.27. The van der Waals surface area contributed by atoms with Gasteiger partial charge < -0.3 is 10.4 Å². The van der Waals surface area contributed by atoms with Crippen LogP contribution in [0.25, 0.3) is 21.3 Å². The molecule has 7 nitrogen and oxygen atoms in total. The molecule has 0 radical (unpaired) electrons. The van der Waals surface area contributed by atoms with Gasteiger partial charge in [0.25, 0.3) is 0 Å². The highest BCUT2D eigenvalue weighted by Crippen LogP contribution is 2.45. The summed E-state index contributed by atoms with van der Waals surface area (Å²) in [6.07, 6.45) is 3.21. The third-order valence-electron chi connectivity index (χ3n) is 4.52. The summed E-state index contributed by atoms with van der Waals surface area (Å²) in [5, 5.41) is 12.8. The largest absolute Gasteiger partial charge is 0.477 e. The zero-order valence-electron chi connectivity index (χ0n) is 14.3. The Hall–Kier alpha value is -3.78. The molecule has 0 saturated carbocycles. The number of anilines is 3. The highest BCUT2D eigenvalue weighted by atomic mass is 32.1. The van der Waals surface area contributed by atoms with Gasteiger partial charge in [-0.15, -0.1) is 11.3 Å². The van der Waals surface area contributed by atoms with Crippen LogP contribution in [0.15, 0.2) is 60.9 Å². The third-order valence-corrected chi connectivity index (χ3v) is 5.61. The second-order valence-corrected chi connectivity index (χ2v) is 7.15. The third kappa shape index (κ3) is 2.43. The lowest BCUT2D eigenvalue weighted by molar-refractivity contribution is 0.0703. The minimum absolute atomic E-state index is 0.0638. The van der Waals surface area contributed by atoms with E-state index in [4.69, 9.17) is 0 Å². The molecule has 2 N–H and O–H groups in total. The number of amides is 2. The molecule has 1 aliphatic rings. The summed E-state index contributed by atoms with van der Waals surface area (Å²) in [4.78, 5) is 35.1. The molecule has 0 spiro atoms. The van der Waals surface area contributed by atoms with Crippen molar-refractivity contribution in [3.8, 4) is 11.1 Å². The van der Waals surface area contributed by atoms with Crippen LogP contribution in [-0.4, -0.2) is 27.1 Å². The van der Waals surface area contributed by atoms with E-state index in [9.17, 15) is 14.7 Å². The van der Waals surface area contributed by atoms with Gasteiger partial charge in [-0.25, -0.2) is 24.5 Å². The van der Waals surface area contributed by atoms with Crippen molar-refractivity contribution < 1.29 is 14.7 Å². The van der Waals surface area contributed by atoms with E-state index < -0.39 is 12.0 Å². The SMILES string of the molecule is O=C(O)c1sc2nccc3c2c1NC(=O)N3c1cc(-c2ccccc2)ccn1. The fourth-order valence-electron chi connectivity index (χ4n) is 3.31. The molecule has 136 valence electrons. The van der Waals surface area contributed by atoms with E-state index in [0.717, 1.165) is 22.5 Å². The van der Waals surface area contributed by atoms with Gasteiger partial charge in [0.2, 0.25) is 0 Å². The van der Waals surface area contributed by atoms with E-state index >= 15 is 0 Å². The van der Waals surface area contributed by atoms with Crippen LogP contribution in [0.5, 0.6) is 0 Å². The van der Waals surface area contributed by atoms with Crippen LogP contribution in [0, 0.1) is 0 Å². The number of carboxylic acid groups (broad SMARTS) is 1. The minimum Gasteiger partial charge on any atom is -0.477 e. The number of hydrogen-bond acceptors (Lipinski definition) is 5. The molecular weight excluding hydrogens is 376 g/mol. The summed E-state index contributed by atoms with van der Waals surface area (Å²) >= 11 is 1.04. The van der Waals surface area contributed by atoms with Crippen LogP contribution in [0.1, 0.15) is 9.67 Å². The number of thiophene rings is 1. The van der Waals surface area contributed by atoms with Crippen molar-refractivity contribution in [2.45, 2.75) is 0 Å². The Morgan fingerprint density at radius 2 is 1.82 bits per heavy atom. The number of urea groups is 1. The lowest BCUT2D eigenvalue weighted by Crippen LogP contribution is -2.34. The first-order valence-corrected chi connectivity index (χ1v) is 9.22. The van der Waals surface area contributed by atoms with Gasteiger partial charge in [0.05, 0.1) is 16.8 Å². The predicted octanol–water partition coefficient (Wildman–Crippen LogP) is 4.74. The fourth-order valence-corrected chi connectivity index (χ4v) is 4.27. The molecule has 0 atom stereocenters. The van der Waals surface area contributed by atoms with Crippen LogP contribution < -0.4 is 10.2 Å². The number of carboxylic acids is 1. The van der Waals surface area contributed by atoms with Crippen LogP contribution in [-0.2, 0) is 0 Å². The van der Waals surface area contributed by atoms with Gasteiger partial charge in [-0.3, -0.25) is 0 Å². The first-order chi connectivity index (χ1) is 13.6. The number of aromatic carboxylic acids is 1. The normalized spacial score (nSPS) is 12.9. The Kier molecular flexibility index (Phi) is 3.59. The van der Waals surface area contributed by atoms with Crippen molar-refractivity contribution in [3.05, 3.63) is 65.8 Å². The predicted molar refractivity (Wildman–Crippen MR) is 107 cm³/mol. The molecule has 3 aromatic heterocycles. The van der Waals surface area contributed by atoms with Crippen LogP contribution in [0.3, 0.4) is 0 Å². The number of carbonyl (C=O) groups is 2. The number of nitrogens with one attached hydrogen (secondary N) is 1. The summed E-state index contributed by atoms with van der Waals surface area (Å²) in [7, 11) is 0. The smallest absolute Gasteiger partial charge is 0.348 e. The first-order valence-electron chi connectivity index (χ1n) is 8.41. The van der Waals surface area contributed by atoms with Crippen molar-refractivity contribution in [1.29, 1.82) is 0 Å². The minimum atomic E-state index is -1.10. The van der Waals surface area contributed by atoms with Crippen LogP contribution >= 0.6 is 11.3 Å². The maximum Gasteiger partial charge on any atom is 0.348 e. The first kappa shape index (κ1) is 16.4. The van der Waals surface area contributed by atoms with Gasteiger partial charge >= 0.3 is 12.0 Å². The molecule has 4 heterocycles. The van der Waals surface area contributed by atoms with Crippen molar-refractivity contribution in [3.63, 3.8) is 0 Å². The van der Waals surface area contributed by atoms with Crippen molar-refractivity contribution in [2.24, 2.45) is 0 Å². The standard InChI is InChI=1S/C20H12N4O3S/c25-19(26)17-16-15-13(7-9-22-18(15)28-17)24(20(27)23-16)14-10-12(6-8-21-14)11-4-2-1-3-5-11/h1-10H,(H,23,27)(H,25,26). The molecule has 0 fully saturated rings. The zero-order chi connectivity index (χ0) is 19.3. The van der Waals surface area contributed by atoms with Crippen molar-refractivity contribution in [2.75, 3.05) is 10.2 Å². The molecule has 1 aromatic carbocycles. The highest BCUT2D eigenvalue weighted by molar-refractivity contribution is 7.21.